The van der Waals surface area contributed by atoms with Crippen molar-refractivity contribution in [3.63, 3.8) is 0 Å². The Bertz CT molecular complexity index is 365. The first-order valence-corrected chi connectivity index (χ1v) is 5.83. The van der Waals surface area contributed by atoms with Crippen LogP contribution in [-0.2, 0) is 12.6 Å². The monoisotopic (exact) mass is 243 g/mol. The molecule has 0 aliphatic heterocycles. The summed E-state index contributed by atoms with van der Waals surface area (Å²) in [6.45, 7) is 0.913. The van der Waals surface area contributed by atoms with Crippen LogP contribution in [0.3, 0.4) is 0 Å². The molecule has 1 aromatic carbocycles. The topological polar surface area (TPSA) is 3.24 Å². The molecule has 1 aromatic rings. The number of nitrogens with zero attached hydrogens (tertiary/aromatic N) is 1. The number of hydrogen-bond acceptors (Lipinski definition) is 1. The molecular weight excluding hydrogens is 227 g/mol. The normalized spacial score (nSPS) is 16.5. The van der Waals surface area contributed by atoms with E-state index in [1.54, 1.807) is 12.1 Å². The lowest BCUT2D eigenvalue weighted by molar-refractivity contribution is -0.137. The highest BCUT2D eigenvalue weighted by molar-refractivity contribution is 5.24. The van der Waals surface area contributed by atoms with Crippen molar-refractivity contribution in [2.45, 2.75) is 31.5 Å². The summed E-state index contributed by atoms with van der Waals surface area (Å²) in [5, 5.41) is 0. The quantitative estimate of drug-likeness (QED) is 0.784. The van der Waals surface area contributed by atoms with E-state index < -0.39 is 11.7 Å². The van der Waals surface area contributed by atoms with Crippen LogP contribution in [-0.4, -0.2) is 24.5 Å². The number of halogens is 3. The van der Waals surface area contributed by atoms with Crippen LogP contribution in [0.4, 0.5) is 13.2 Å². The zero-order valence-corrected chi connectivity index (χ0v) is 9.80. The second kappa shape index (κ2) is 4.69. The van der Waals surface area contributed by atoms with Crippen LogP contribution in [0, 0.1) is 0 Å². The first-order valence-electron chi connectivity index (χ1n) is 5.83. The van der Waals surface area contributed by atoms with Crippen LogP contribution in [0.1, 0.15) is 24.0 Å². The molecule has 0 bridgehead atoms. The van der Waals surface area contributed by atoms with Gasteiger partial charge in [0.15, 0.2) is 0 Å². The Labute approximate surface area is 99.2 Å². The zero-order chi connectivity index (χ0) is 12.5. The average Bonchev–Trinajstić information content (AvgIpc) is 3.09. The highest BCUT2D eigenvalue weighted by Gasteiger charge is 2.30. The van der Waals surface area contributed by atoms with Crippen molar-refractivity contribution in [3.8, 4) is 0 Å². The molecule has 94 valence electrons. The summed E-state index contributed by atoms with van der Waals surface area (Å²) in [5.41, 5.74) is 0.391. The van der Waals surface area contributed by atoms with Crippen molar-refractivity contribution in [1.29, 1.82) is 0 Å². The largest absolute Gasteiger partial charge is 0.416 e. The third kappa shape index (κ3) is 3.46. The molecule has 2 rings (SSSR count). The van der Waals surface area contributed by atoms with Gasteiger partial charge in [0.1, 0.15) is 0 Å². The second-order valence-electron chi connectivity index (χ2n) is 4.66. The van der Waals surface area contributed by atoms with Gasteiger partial charge in [-0.25, -0.2) is 0 Å². The molecule has 0 N–H and O–H groups in total. The summed E-state index contributed by atoms with van der Waals surface area (Å²) >= 11 is 0. The summed E-state index contributed by atoms with van der Waals surface area (Å²) in [6, 6.07) is 6.16. The summed E-state index contributed by atoms with van der Waals surface area (Å²) in [6.07, 6.45) is -0.915. The maximum Gasteiger partial charge on any atom is 0.416 e. The Morgan fingerprint density at radius 1 is 1.18 bits per heavy atom. The maximum atomic E-state index is 12.3. The molecule has 0 spiro atoms. The number of hydrogen-bond donors (Lipinski definition) is 0. The summed E-state index contributed by atoms with van der Waals surface area (Å²) in [7, 11) is 2.07. The molecular formula is C13H16F3N. The van der Waals surface area contributed by atoms with E-state index in [1.165, 1.54) is 12.8 Å². The molecule has 0 atom stereocenters. The van der Waals surface area contributed by atoms with E-state index in [9.17, 15) is 13.2 Å². The molecule has 0 unspecified atom stereocenters. The SMILES string of the molecule is CN(CCc1ccc(C(F)(F)F)cc1)C1CC1. The molecule has 0 amide bonds. The van der Waals surface area contributed by atoms with Crippen molar-refractivity contribution >= 4 is 0 Å². The lowest BCUT2D eigenvalue weighted by atomic mass is 10.1. The molecule has 1 fully saturated rings. The Morgan fingerprint density at radius 2 is 1.76 bits per heavy atom. The Morgan fingerprint density at radius 3 is 2.24 bits per heavy atom. The van der Waals surface area contributed by atoms with E-state index in [0.29, 0.717) is 6.04 Å². The highest BCUT2D eigenvalue weighted by atomic mass is 19.4. The number of rotatable bonds is 4. The van der Waals surface area contributed by atoms with Gasteiger partial charge in [-0.05, 0) is 44.0 Å². The van der Waals surface area contributed by atoms with Gasteiger partial charge >= 0.3 is 6.18 Å². The van der Waals surface area contributed by atoms with E-state index >= 15 is 0 Å². The van der Waals surface area contributed by atoms with Gasteiger partial charge in [0.2, 0.25) is 0 Å². The van der Waals surface area contributed by atoms with Gasteiger partial charge in [0, 0.05) is 12.6 Å². The Kier molecular flexibility index (Phi) is 3.43. The molecule has 17 heavy (non-hydrogen) atoms. The van der Waals surface area contributed by atoms with Crippen LogP contribution in [0.5, 0.6) is 0 Å². The van der Waals surface area contributed by atoms with Crippen LogP contribution in [0.15, 0.2) is 24.3 Å². The second-order valence-corrected chi connectivity index (χ2v) is 4.66. The van der Waals surface area contributed by atoms with Gasteiger partial charge in [-0.3, -0.25) is 0 Å². The first kappa shape index (κ1) is 12.4. The standard InChI is InChI=1S/C13H16F3N/c1-17(12-6-7-12)9-8-10-2-4-11(5-3-10)13(14,15)16/h2-5,12H,6-9H2,1H3. The number of benzene rings is 1. The van der Waals surface area contributed by atoms with Gasteiger partial charge in [-0.15, -0.1) is 0 Å². The molecule has 1 saturated carbocycles. The van der Waals surface area contributed by atoms with Gasteiger partial charge in [0.05, 0.1) is 5.56 Å². The van der Waals surface area contributed by atoms with E-state index in [-0.39, 0.29) is 0 Å². The highest BCUT2D eigenvalue weighted by Crippen LogP contribution is 2.29. The number of likely N-dealkylation sites (N-methyl/N-ethyl adjacent to an activating group) is 1. The minimum absolute atomic E-state index is 0.572. The lowest BCUT2D eigenvalue weighted by Gasteiger charge is -2.15. The van der Waals surface area contributed by atoms with Crippen molar-refractivity contribution in [2.75, 3.05) is 13.6 Å². The van der Waals surface area contributed by atoms with Crippen molar-refractivity contribution in [1.82, 2.24) is 4.90 Å². The van der Waals surface area contributed by atoms with Gasteiger partial charge in [0.25, 0.3) is 0 Å². The van der Waals surface area contributed by atoms with Crippen molar-refractivity contribution in [2.24, 2.45) is 0 Å². The predicted octanol–water partition coefficient (Wildman–Crippen LogP) is 3.34. The van der Waals surface area contributed by atoms with Crippen LogP contribution in [0.25, 0.3) is 0 Å². The Hall–Kier alpha value is -1.03. The van der Waals surface area contributed by atoms with Crippen LogP contribution >= 0.6 is 0 Å². The van der Waals surface area contributed by atoms with Crippen molar-refractivity contribution < 1.29 is 13.2 Å². The van der Waals surface area contributed by atoms with E-state index in [2.05, 4.69) is 11.9 Å². The fourth-order valence-corrected chi connectivity index (χ4v) is 1.86. The summed E-state index contributed by atoms with van der Waals surface area (Å²) in [4.78, 5) is 2.28. The molecule has 0 aromatic heterocycles. The molecule has 1 nitrogen and oxygen atoms in total. The molecule has 0 heterocycles. The minimum Gasteiger partial charge on any atom is -0.303 e. The summed E-state index contributed by atoms with van der Waals surface area (Å²) in [5.74, 6) is 0. The number of alkyl halides is 3. The fourth-order valence-electron chi connectivity index (χ4n) is 1.86. The molecule has 4 heteroatoms. The third-order valence-electron chi connectivity index (χ3n) is 3.20. The third-order valence-corrected chi connectivity index (χ3v) is 3.20. The van der Waals surface area contributed by atoms with Crippen LogP contribution in [0.2, 0.25) is 0 Å². The van der Waals surface area contributed by atoms with E-state index in [0.717, 1.165) is 30.7 Å². The minimum atomic E-state index is -4.23. The molecule has 1 aliphatic rings. The molecule has 0 radical (unpaired) electrons. The molecule has 1 aliphatic carbocycles. The summed E-state index contributed by atoms with van der Waals surface area (Å²) < 4.78 is 37.0. The maximum absolute atomic E-state index is 12.3. The van der Waals surface area contributed by atoms with Gasteiger partial charge in [-0.2, -0.15) is 13.2 Å². The fraction of sp³-hybridized carbons (Fsp3) is 0.538. The van der Waals surface area contributed by atoms with E-state index in [1.807, 2.05) is 0 Å². The molecule has 0 saturated heterocycles. The van der Waals surface area contributed by atoms with Crippen molar-refractivity contribution in [3.05, 3.63) is 35.4 Å². The average molecular weight is 243 g/mol. The van der Waals surface area contributed by atoms with Gasteiger partial charge < -0.3 is 4.90 Å². The van der Waals surface area contributed by atoms with Crippen LogP contribution < -0.4 is 0 Å². The lowest BCUT2D eigenvalue weighted by Crippen LogP contribution is -2.23. The predicted molar refractivity (Wildman–Crippen MR) is 60.8 cm³/mol. The smallest absolute Gasteiger partial charge is 0.303 e. The first-order chi connectivity index (χ1) is 7.97. The van der Waals surface area contributed by atoms with E-state index in [4.69, 9.17) is 0 Å². The van der Waals surface area contributed by atoms with Gasteiger partial charge in [-0.1, -0.05) is 12.1 Å². The zero-order valence-electron chi connectivity index (χ0n) is 9.80. The Balaban J connectivity index is 1.89.